The molecule has 1 aromatic rings. The van der Waals surface area contributed by atoms with Gasteiger partial charge in [-0.15, -0.1) is 0 Å². The first-order valence-electron chi connectivity index (χ1n) is 3.48. The van der Waals surface area contributed by atoms with Gasteiger partial charge in [-0.25, -0.2) is 8.42 Å². The van der Waals surface area contributed by atoms with E-state index in [-0.39, 0.29) is 16.2 Å². The molecule has 72 valence electrons. The maximum atomic E-state index is 13.0. The molecular formula is C7H8FNO3S. The fraction of sp³-hybridized carbons (Fsp3) is 0.286. The van der Waals surface area contributed by atoms with Crippen LogP contribution in [0.3, 0.4) is 0 Å². The second kappa shape index (κ2) is 3.04. The highest BCUT2D eigenvalue weighted by Gasteiger charge is 2.19. The first kappa shape index (κ1) is 10.1. The maximum Gasteiger partial charge on any atom is 0.244 e. The monoisotopic (exact) mass is 205 g/mol. The molecule has 1 aromatic heterocycles. The van der Waals surface area contributed by atoms with Gasteiger partial charge in [0.25, 0.3) is 0 Å². The maximum absolute atomic E-state index is 13.0. The summed E-state index contributed by atoms with van der Waals surface area (Å²) in [7, 11) is -4.58. The van der Waals surface area contributed by atoms with Crippen LogP contribution >= 0.6 is 0 Å². The molecule has 0 saturated heterocycles. The fourth-order valence-electron chi connectivity index (χ4n) is 1.01. The van der Waals surface area contributed by atoms with Crippen molar-refractivity contribution < 1.29 is 22.2 Å². The Kier molecular flexibility index (Phi) is 2.36. The zero-order valence-corrected chi connectivity index (χ0v) is 7.93. The van der Waals surface area contributed by atoms with Gasteiger partial charge >= 0.3 is 0 Å². The van der Waals surface area contributed by atoms with Gasteiger partial charge in [0.2, 0.25) is 11.4 Å². The molecule has 0 saturated carbocycles. The minimum absolute atomic E-state index is 0.171. The third kappa shape index (κ3) is 1.84. The van der Waals surface area contributed by atoms with Gasteiger partial charge in [-0.1, -0.05) is 0 Å². The van der Waals surface area contributed by atoms with Crippen LogP contribution in [0.15, 0.2) is 17.0 Å². The van der Waals surface area contributed by atoms with Crippen LogP contribution in [0.1, 0.15) is 11.4 Å². The summed E-state index contributed by atoms with van der Waals surface area (Å²) in [5, 5.41) is 0. The van der Waals surface area contributed by atoms with Crippen molar-refractivity contribution in [3.63, 3.8) is 0 Å². The highest BCUT2D eigenvalue weighted by Crippen LogP contribution is 2.11. The van der Waals surface area contributed by atoms with E-state index in [1.165, 1.54) is 19.9 Å². The van der Waals surface area contributed by atoms with E-state index in [1.54, 1.807) is 0 Å². The number of aromatic nitrogens is 1. The molecule has 0 aliphatic heterocycles. The lowest BCUT2D eigenvalue weighted by Crippen LogP contribution is -2.32. The molecule has 0 N–H and O–H groups in total. The fourth-order valence-corrected chi connectivity index (χ4v) is 1.68. The number of aryl methyl sites for hydroxylation is 1. The van der Waals surface area contributed by atoms with Crippen LogP contribution in [0.5, 0.6) is 0 Å². The van der Waals surface area contributed by atoms with Crippen LogP contribution in [0, 0.1) is 13.8 Å². The largest absolute Gasteiger partial charge is 0.744 e. The van der Waals surface area contributed by atoms with Gasteiger partial charge in [0.15, 0.2) is 0 Å². The Bertz CT molecular complexity index is 441. The average Bonchev–Trinajstić information content (AvgIpc) is 1.98. The molecule has 0 bridgehead atoms. The number of halogens is 1. The summed E-state index contributed by atoms with van der Waals surface area (Å²) in [6.45, 7) is 2.70. The summed E-state index contributed by atoms with van der Waals surface area (Å²) in [4.78, 5) is -0.356. The van der Waals surface area contributed by atoms with Crippen molar-refractivity contribution in [3.8, 4) is 0 Å². The standard InChI is InChI=1S/C7H8FNO3S/c1-5-3-4-7(13(10,11)12)6(2)9(5)8/h3-4H,1-2H3. The van der Waals surface area contributed by atoms with Crippen molar-refractivity contribution in [1.29, 1.82) is 0 Å². The number of hydrogen-bond acceptors (Lipinski definition) is 3. The van der Waals surface area contributed by atoms with Gasteiger partial charge in [-0.05, 0) is 6.07 Å². The highest BCUT2D eigenvalue weighted by atomic mass is 32.2. The predicted octanol–water partition coefficient (Wildman–Crippen LogP) is 0.228. The second-order valence-electron chi connectivity index (χ2n) is 2.66. The lowest BCUT2D eigenvalue weighted by molar-refractivity contribution is -0.854. The molecule has 6 heteroatoms. The summed E-state index contributed by atoms with van der Waals surface area (Å²) >= 11 is 0. The Labute approximate surface area is 75.3 Å². The Balaban J connectivity index is 3.53. The summed E-state index contributed by atoms with van der Waals surface area (Å²) in [6, 6.07) is 2.33. The summed E-state index contributed by atoms with van der Waals surface area (Å²) in [5.74, 6) is 0. The lowest BCUT2D eigenvalue weighted by Gasteiger charge is -2.05. The second-order valence-corrected chi connectivity index (χ2v) is 4.01. The lowest BCUT2D eigenvalue weighted by atomic mass is 10.3. The van der Waals surface area contributed by atoms with Crippen molar-refractivity contribution in [1.82, 2.24) is 0 Å². The van der Waals surface area contributed by atoms with Crippen molar-refractivity contribution in [2.75, 3.05) is 0 Å². The van der Waals surface area contributed by atoms with Gasteiger partial charge < -0.3 is 4.55 Å². The van der Waals surface area contributed by atoms with Gasteiger partial charge in [0, 0.05) is 24.7 Å². The van der Waals surface area contributed by atoms with Crippen LogP contribution in [-0.2, 0) is 10.1 Å². The molecule has 0 spiro atoms. The number of pyridine rings is 1. The molecule has 0 radical (unpaired) electrons. The van der Waals surface area contributed by atoms with E-state index in [2.05, 4.69) is 0 Å². The van der Waals surface area contributed by atoms with E-state index in [0.29, 0.717) is 0 Å². The Morgan fingerprint density at radius 2 is 1.92 bits per heavy atom. The zero-order valence-electron chi connectivity index (χ0n) is 7.11. The molecular weight excluding hydrogens is 197 g/mol. The highest BCUT2D eigenvalue weighted by molar-refractivity contribution is 7.85. The first-order valence-corrected chi connectivity index (χ1v) is 4.89. The van der Waals surface area contributed by atoms with Gasteiger partial charge in [0.05, 0.1) is 4.48 Å². The van der Waals surface area contributed by atoms with Crippen molar-refractivity contribution in [2.45, 2.75) is 18.7 Å². The summed E-state index contributed by atoms with van der Waals surface area (Å²) in [5.41, 5.74) is 0.0416. The quantitative estimate of drug-likeness (QED) is 0.616. The van der Waals surface area contributed by atoms with Crippen molar-refractivity contribution >= 4 is 10.1 Å². The topological polar surface area (TPSA) is 61.1 Å². The normalized spacial score (nSPS) is 11.7. The van der Waals surface area contributed by atoms with Gasteiger partial charge in [-0.3, -0.25) is 0 Å². The number of nitrogens with zero attached hydrogens (tertiary/aromatic N) is 1. The average molecular weight is 205 g/mol. The Morgan fingerprint density at radius 1 is 1.38 bits per heavy atom. The van der Waals surface area contributed by atoms with Crippen LogP contribution < -0.4 is 4.79 Å². The van der Waals surface area contributed by atoms with E-state index in [0.717, 1.165) is 6.07 Å². The van der Waals surface area contributed by atoms with E-state index in [1.807, 2.05) is 0 Å². The molecule has 1 rings (SSSR count). The third-order valence-corrected chi connectivity index (χ3v) is 2.68. The first-order chi connectivity index (χ1) is 5.84. The minimum atomic E-state index is -4.58. The molecule has 13 heavy (non-hydrogen) atoms. The van der Waals surface area contributed by atoms with E-state index < -0.39 is 15.0 Å². The summed E-state index contributed by atoms with van der Waals surface area (Å²) in [6.07, 6.45) is 0. The van der Waals surface area contributed by atoms with Crippen LogP contribution in [0.4, 0.5) is 4.48 Å². The smallest absolute Gasteiger partial charge is 0.244 e. The summed E-state index contributed by atoms with van der Waals surface area (Å²) < 4.78 is 44.8. The number of rotatable bonds is 1. The van der Waals surface area contributed by atoms with Crippen LogP contribution in [-0.4, -0.2) is 13.0 Å². The molecule has 0 aromatic carbocycles. The van der Waals surface area contributed by atoms with Crippen LogP contribution in [0.25, 0.3) is 0 Å². The predicted molar refractivity (Wildman–Crippen MR) is 40.6 cm³/mol. The molecule has 0 fully saturated rings. The van der Waals surface area contributed by atoms with E-state index in [9.17, 15) is 17.5 Å². The molecule has 4 nitrogen and oxygen atoms in total. The molecule has 0 atom stereocenters. The van der Waals surface area contributed by atoms with Crippen LogP contribution in [0.2, 0.25) is 0 Å². The van der Waals surface area contributed by atoms with Gasteiger partial charge in [-0.2, -0.15) is 0 Å². The SMILES string of the molecule is Cc1ccc(S(=O)(=O)[O-])c(C)[n+]1F. The Morgan fingerprint density at radius 3 is 2.38 bits per heavy atom. The molecule has 0 unspecified atom stereocenters. The third-order valence-electron chi connectivity index (χ3n) is 1.71. The van der Waals surface area contributed by atoms with Crippen molar-refractivity contribution in [2.24, 2.45) is 0 Å². The molecule has 0 amide bonds. The Hall–Kier alpha value is -1.01. The molecule has 0 aliphatic rings. The minimum Gasteiger partial charge on any atom is -0.744 e. The van der Waals surface area contributed by atoms with Crippen molar-refractivity contribution in [3.05, 3.63) is 23.5 Å². The van der Waals surface area contributed by atoms with Gasteiger partial charge in [0.1, 0.15) is 15.0 Å². The molecule has 1 heterocycles. The zero-order chi connectivity index (χ0) is 10.2. The molecule has 0 aliphatic carbocycles. The van der Waals surface area contributed by atoms with E-state index in [4.69, 9.17) is 0 Å². The number of hydrogen-bond donors (Lipinski definition) is 0. The van der Waals surface area contributed by atoms with E-state index >= 15 is 0 Å².